The van der Waals surface area contributed by atoms with Gasteiger partial charge in [0.15, 0.2) is 0 Å². The van der Waals surface area contributed by atoms with Crippen LogP contribution in [-0.4, -0.2) is 23.3 Å². The van der Waals surface area contributed by atoms with Crippen LogP contribution in [0.5, 0.6) is 0 Å². The molecule has 0 aromatic carbocycles. The number of thiophene rings is 1. The Kier molecular flexibility index (Phi) is 3.05. The molecule has 2 aliphatic rings. The number of hydrogen-bond acceptors (Lipinski definition) is 3. The van der Waals surface area contributed by atoms with Gasteiger partial charge in [-0.2, -0.15) is 0 Å². The zero-order valence-electron chi connectivity index (χ0n) is 10.3. The maximum Gasteiger partial charge on any atom is 0.133 e. The molecule has 1 saturated carbocycles. The number of rotatable bonds is 1. The van der Waals surface area contributed by atoms with Crippen LogP contribution in [-0.2, 0) is 11.2 Å². The van der Waals surface area contributed by atoms with Gasteiger partial charge < -0.3 is 0 Å². The monoisotopic (exact) mass is 249 g/mol. The summed E-state index contributed by atoms with van der Waals surface area (Å²) in [6.07, 6.45) is 4.93. The van der Waals surface area contributed by atoms with Crippen LogP contribution < -0.4 is 0 Å². The second-order valence-electron chi connectivity index (χ2n) is 5.23. The van der Waals surface area contributed by atoms with E-state index in [1.807, 2.05) is 11.3 Å². The van der Waals surface area contributed by atoms with Crippen molar-refractivity contribution in [2.24, 2.45) is 0 Å². The normalized spacial score (nSPS) is 27.1. The third kappa shape index (κ3) is 2.06. The molecule has 0 spiro atoms. The molecule has 2 heterocycles. The predicted octanol–water partition coefficient (Wildman–Crippen LogP) is 3.18. The summed E-state index contributed by atoms with van der Waals surface area (Å²) in [4.78, 5) is 15.5. The Morgan fingerprint density at radius 3 is 2.82 bits per heavy atom. The van der Waals surface area contributed by atoms with Crippen LogP contribution in [0.15, 0.2) is 11.4 Å². The number of carbonyl (C=O) groups excluding carboxylic acids is 1. The Morgan fingerprint density at radius 1 is 1.29 bits per heavy atom. The highest BCUT2D eigenvalue weighted by atomic mass is 32.1. The van der Waals surface area contributed by atoms with Crippen LogP contribution in [0.4, 0.5) is 0 Å². The molecule has 92 valence electrons. The molecule has 1 fully saturated rings. The first-order valence-corrected chi connectivity index (χ1v) is 7.47. The highest BCUT2D eigenvalue weighted by molar-refractivity contribution is 7.10. The van der Waals surface area contributed by atoms with Crippen molar-refractivity contribution >= 4 is 17.1 Å². The molecule has 0 bridgehead atoms. The Labute approximate surface area is 107 Å². The first kappa shape index (κ1) is 11.4. The minimum Gasteiger partial charge on any atom is -0.300 e. The molecule has 0 N–H and O–H groups in total. The fraction of sp³-hybridized carbons (Fsp3) is 0.643. The Hall–Kier alpha value is -0.670. The van der Waals surface area contributed by atoms with Gasteiger partial charge in [0, 0.05) is 36.3 Å². The number of carbonyl (C=O) groups is 1. The fourth-order valence-corrected chi connectivity index (χ4v) is 4.25. The standard InChI is InChI=1S/C14H19NOS/c1-10-13-7-9-17-14(13)6-8-15(10)11-2-4-12(16)5-3-11/h7,9-11H,2-6,8H2,1H3. The van der Waals surface area contributed by atoms with Crippen molar-refractivity contribution < 1.29 is 4.79 Å². The summed E-state index contributed by atoms with van der Waals surface area (Å²) in [6, 6.07) is 3.46. The van der Waals surface area contributed by atoms with Gasteiger partial charge in [-0.25, -0.2) is 0 Å². The van der Waals surface area contributed by atoms with Gasteiger partial charge in [0.2, 0.25) is 0 Å². The first-order chi connectivity index (χ1) is 8.25. The van der Waals surface area contributed by atoms with Crippen LogP contribution in [0, 0.1) is 0 Å². The summed E-state index contributed by atoms with van der Waals surface area (Å²) >= 11 is 1.90. The molecule has 1 unspecified atom stereocenters. The van der Waals surface area contributed by atoms with Crippen molar-refractivity contribution in [3.8, 4) is 0 Å². The first-order valence-electron chi connectivity index (χ1n) is 6.59. The fourth-order valence-electron chi connectivity index (χ4n) is 3.28. The Balaban J connectivity index is 1.75. The summed E-state index contributed by atoms with van der Waals surface area (Å²) in [7, 11) is 0. The molecule has 1 aromatic rings. The van der Waals surface area contributed by atoms with Crippen molar-refractivity contribution in [2.75, 3.05) is 6.54 Å². The number of ketones is 1. The molecule has 0 amide bonds. The molecule has 2 nitrogen and oxygen atoms in total. The van der Waals surface area contributed by atoms with Gasteiger partial charge in [0.05, 0.1) is 0 Å². The van der Waals surface area contributed by atoms with E-state index in [4.69, 9.17) is 0 Å². The van der Waals surface area contributed by atoms with Gasteiger partial charge in [-0.05, 0) is 43.2 Å². The highest BCUT2D eigenvalue weighted by Crippen LogP contribution is 2.36. The molecule has 3 heteroatoms. The Morgan fingerprint density at radius 2 is 2.06 bits per heavy atom. The minimum atomic E-state index is 0.460. The van der Waals surface area contributed by atoms with Crippen LogP contribution in [0.25, 0.3) is 0 Å². The van der Waals surface area contributed by atoms with Crippen molar-refractivity contribution in [1.29, 1.82) is 0 Å². The zero-order valence-corrected chi connectivity index (χ0v) is 11.1. The van der Waals surface area contributed by atoms with E-state index in [1.165, 1.54) is 18.5 Å². The maximum absolute atomic E-state index is 11.3. The van der Waals surface area contributed by atoms with Gasteiger partial charge in [0.25, 0.3) is 0 Å². The van der Waals surface area contributed by atoms with Crippen molar-refractivity contribution in [3.63, 3.8) is 0 Å². The van der Waals surface area contributed by atoms with E-state index in [9.17, 15) is 4.79 Å². The van der Waals surface area contributed by atoms with E-state index in [0.29, 0.717) is 17.9 Å². The van der Waals surface area contributed by atoms with Crippen LogP contribution in [0.1, 0.15) is 49.1 Å². The number of hydrogen-bond donors (Lipinski definition) is 0. The number of fused-ring (bicyclic) bond motifs is 1. The van der Waals surface area contributed by atoms with Crippen LogP contribution >= 0.6 is 11.3 Å². The second kappa shape index (κ2) is 4.54. The lowest BCUT2D eigenvalue weighted by Crippen LogP contribution is -2.43. The summed E-state index contributed by atoms with van der Waals surface area (Å²) in [6.45, 7) is 3.49. The highest BCUT2D eigenvalue weighted by Gasteiger charge is 2.32. The summed E-state index contributed by atoms with van der Waals surface area (Å²) in [5, 5.41) is 2.22. The topological polar surface area (TPSA) is 20.3 Å². The number of Topliss-reactive ketones (excluding diaryl/α,β-unsaturated/α-hetero) is 1. The van der Waals surface area contributed by atoms with E-state index in [1.54, 1.807) is 4.88 Å². The lowest BCUT2D eigenvalue weighted by atomic mass is 9.89. The number of nitrogens with zero attached hydrogens (tertiary/aromatic N) is 1. The van der Waals surface area contributed by atoms with Gasteiger partial charge >= 0.3 is 0 Å². The van der Waals surface area contributed by atoms with Gasteiger partial charge in [-0.15, -0.1) is 11.3 Å². The quantitative estimate of drug-likeness (QED) is 0.762. The molecule has 0 radical (unpaired) electrons. The van der Waals surface area contributed by atoms with Gasteiger partial charge in [0.1, 0.15) is 5.78 Å². The SMILES string of the molecule is CC1c2ccsc2CCN1C1CCC(=O)CC1. The van der Waals surface area contributed by atoms with E-state index in [2.05, 4.69) is 23.3 Å². The molecular weight excluding hydrogens is 230 g/mol. The third-order valence-electron chi connectivity index (χ3n) is 4.31. The van der Waals surface area contributed by atoms with Gasteiger partial charge in [-0.1, -0.05) is 0 Å². The Bertz CT molecular complexity index is 416. The van der Waals surface area contributed by atoms with E-state index < -0.39 is 0 Å². The molecule has 1 aromatic heterocycles. The molecule has 1 aliphatic carbocycles. The lowest BCUT2D eigenvalue weighted by molar-refractivity contribution is -0.121. The average molecular weight is 249 g/mol. The molecule has 1 atom stereocenters. The van der Waals surface area contributed by atoms with Crippen LogP contribution in [0.2, 0.25) is 0 Å². The molecular formula is C14H19NOS. The van der Waals surface area contributed by atoms with Gasteiger partial charge in [-0.3, -0.25) is 9.69 Å². The van der Waals surface area contributed by atoms with Crippen molar-refractivity contribution in [3.05, 3.63) is 21.9 Å². The minimum absolute atomic E-state index is 0.460. The zero-order chi connectivity index (χ0) is 11.8. The smallest absolute Gasteiger partial charge is 0.133 e. The average Bonchev–Trinajstić information content (AvgIpc) is 2.80. The van der Waals surface area contributed by atoms with E-state index in [-0.39, 0.29) is 0 Å². The molecule has 17 heavy (non-hydrogen) atoms. The summed E-state index contributed by atoms with van der Waals surface area (Å²) in [5.74, 6) is 0.460. The molecule has 0 saturated heterocycles. The van der Waals surface area contributed by atoms with Crippen LogP contribution in [0.3, 0.4) is 0 Å². The predicted molar refractivity (Wildman–Crippen MR) is 70.4 cm³/mol. The summed E-state index contributed by atoms with van der Waals surface area (Å²) in [5.41, 5.74) is 1.53. The maximum atomic E-state index is 11.3. The largest absolute Gasteiger partial charge is 0.300 e. The second-order valence-corrected chi connectivity index (χ2v) is 6.23. The van der Waals surface area contributed by atoms with Crippen molar-refractivity contribution in [1.82, 2.24) is 4.90 Å². The lowest BCUT2D eigenvalue weighted by Gasteiger charge is -2.41. The molecule has 1 aliphatic heterocycles. The van der Waals surface area contributed by atoms with Crippen molar-refractivity contribution in [2.45, 2.75) is 51.1 Å². The van der Waals surface area contributed by atoms with E-state index in [0.717, 1.165) is 25.7 Å². The molecule has 3 rings (SSSR count). The summed E-state index contributed by atoms with van der Waals surface area (Å²) < 4.78 is 0. The third-order valence-corrected chi connectivity index (χ3v) is 5.30. The van der Waals surface area contributed by atoms with E-state index >= 15 is 0 Å².